The minimum Gasteiger partial charge on any atom is -0.501 e. The van der Waals surface area contributed by atoms with E-state index >= 15 is 0 Å². The SMILES string of the molecule is [2H]C([2H])([2H])c1cnc(-c2[c-]ccc3c2oc2cc(-c4ccccc4)ccc23)cc1C([2H])([2H])C(C)(C)C.[2H]C([2H])(c1cc(-c2[c-]cccc2)ncc1[Si](C)(C)C)C(C)C.[Ir]. The van der Waals surface area contributed by atoms with Crippen LogP contribution in [-0.4, -0.2) is 18.0 Å². The topological polar surface area (TPSA) is 38.9 Å². The van der Waals surface area contributed by atoms with Crippen molar-refractivity contribution in [3.63, 3.8) is 0 Å². The third kappa shape index (κ3) is 9.25. The fourth-order valence-corrected chi connectivity index (χ4v) is 7.43. The van der Waals surface area contributed by atoms with Crippen molar-refractivity contribution >= 4 is 35.2 Å². The molecule has 7 rings (SSSR count). The number of nitrogens with zero attached hydrogens (tertiary/aromatic N) is 2. The van der Waals surface area contributed by atoms with Gasteiger partial charge in [0.25, 0.3) is 0 Å². The number of aromatic nitrogens is 2. The number of fused-ring (bicyclic) bond motifs is 3. The van der Waals surface area contributed by atoms with Crippen LogP contribution in [0.2, 0.25) is 19.6 Å². The average Bonchev–Trinajstić information content (AvgIpc) is 3.55. The fraction of sp³-hybridized carbons (Fsp3) is 0.277. The monoisotopic (exact) mass is 886 g/mol. The van der Waals surface area contributed by atoms with Gasteiger partial charge in [-0.15, -0.1) is 54.1 Å². The molecule has 0 aliphatic heterocycles. The van der Waals surface area contributed by atoms with Crippen molar-refractivity contribution in [1.29, 1.82) is 0 Å². The van der Waals surface area contributed by atoms with E-state index in [4.69, 9.17) is 14.0 Å². The summed E-state index contributed by atoms with van der Waals surface area (Å²) in [6, 6.07) is 37.4. The molecular formula is C47H50IrN2OSi-2. The molecule has 52 heavy (non-hydrogen) atoms. The third-order valence-electron chi connectivity index (χ3n) is 8.35. The molecule has 0 aliphatic carbocycles. The standard InChI is InChI=1S/C29H26NO.C18H24NSi.Ir/c1-19-18-30-26(15-22(19)17-29(2,3)4)25-12-8-11-24-23-14-13-21(16-27(23)31-28(24)25)20-9-6-5-7-10-20;1-14(2)11-16-12-17(15-9-7-6-8-10-15)19-13-18(16)20(3,4)5;/h5-11,13-16,18H,17H2,1-4H3;6-9,12-14H,11H2,1-5H3;/q2*-1;/i1D3,17D2;11D2;. The van der Waals surface area contributed by atoms with E-state index in [0.29, 0.717) is 16.8 Å². The van der Waals surface area contributed by atoms with Gasteiger partial charge in [-0.25, -0.2) is 0 Å². The van der Waals surface area contributed by atoms with Crippen molar-refractivity contribution in [3.05, 3.63) is 138 Å². The summed E-state index contributed by atoms with van der Waals surface area (Å²) in [7, 11) is -1.67. The van der Waals surface area contributed by atoms with E-state index in [9.17, 15) is 0 Å². The maximum Gasteiger partial charge on any atom is 0.121 e. The minimum atomic E-state index is -2.50. The van der Waals surface area contributed by atoms with Gasteiger partial charge in [0.1, 0.15) is 5.58 Å². The molecule has 4 aromatic carbocycles. The summed E-state index contributed by atoms with van der Waals surface area (Å²) in [5.74, 6) is -0.0856. The van der Waals surface area contributed by atoms with Crippen molar-refractivity contribution in [2.24, 2.45) is 11.3 Å². The maximum absolute atomic E-state index is 8.81. The van der Waals surface area contributed by atoms with Gasteiger partial charge in [0.2, 0.25) is 0 Å². The Morgan fingerprint density at radius 2 is 1.52 bits per heavy atom. The Labute approximate surface area is 335 Å². The molecule has 0 atom stereocenters. The molecule has 3 aromatic heterocycles. The summed E-state index contributed by atoms with van der Waals surface area (Å²) >= 11 is 0. The molecule has 0 aliphatic rings. The summed E-state index contributed by atoms with van der Waals surface area (Å²) in [6.07, 6.45) is -0.120. The first-order valence-corrected chi connectivity index (χ1v) is 20.9. The van der Waals surface area contributed by atoms with Crippen LogP contribution in [-0.2, 0) is 32.9 Å². The van der Waals surface area contributed by atoms with E-state index in [0.717, 1.165) is 49.5 Å². The van der Waals surface area contributed by atoms with E-state index in [1.807, 2.05) is 98.9 Å². The number of benzene rings is 4. The molecule has 269 valence electrons. The molecule has 0 saturated carbocycles. The van der Waals surface area contributed by atoms with Gasteiger partial charge >= 0.3 is 0 Å². The van der Waals surface area contributed by atoms with E-state index in [-0.39, 0.29) is 37.2 Å². The Balaban J connectivity index is 0.000000248. The van der Waals surface area contributed by atoms with Gasteiger partial charge in [-0.2, -0.15) is 0 Å². The van der Waals surface area contributed by atoms with Crippen molar-refractivity contribution in [1.82, 2.24) is 9.97 Å². The first-order valence-electron chi connectivity index (χ1n) is 20.9. The van der Waals surface area contributed by atoms with Crippen molar-refractivity contribution in [2.75, 3.05) is 0 Å². The Bertz CT molecular complexity index is 2560. The first kappa shape index (κ1) is 30.3. The molecule has 5 heteroatoms. The zero-order valence-electron chi connectivity index (χ0n) is 38.1. The molecule has 3 heterocycles. The van der Waals surface area contributed by atoms with Gasteiger partial charge in [-0.05, 0) is 70.3 Å². The quantitative estimate of drug-likeness (QED) is 0.118. The third-order valence-corrected chi connectivity index (χ3v) is 10.4. The molecule has 0 N–H and O–H groups in total. The van der Waals surface area contributed by atoms with Crippen molar-refractivity contribution < 1.29 is 34.1 Å². The van der Waals surface area contributed by atoms with Crippen molar-refractivity contribution in [2.45, 2.75) is 73.9 Å². The summed E-state index contributed by atoms with van der Waals surface area (Å²) in [5.41, 5.74) is 6.07. The van der Waals surface area contributed by atoms with Gasteiger partial charge in [-0.1, -0.05) is 131 Å². The minimum absolute atomic E-state index is 0. The number of aryl methyl sites for hydroxylation is 1. The second-order valence-electron chi connectivity index (χ2n) is 15.2. The van der Waals surface area contributed by atoms with E-state index in [1.165, 1.54) is 6.20 Å². The normalized spacial score (nSPS) is 14.5. The van der Waals surface area contributed by atoms with Crippen molar-refractivity contribution in [3.8, 4) is 33.6 Å². The van der Waals surface area contributed by atoms with Crippen LogP contribution in [0.3, 0.4) is 0 Å². The van der Waals surface area contributed by atoms with E-state index < -0.39 is 33.1 Å². The van der Waals surface area contributed by atoms with Gasteiger partial charge in [0.05, 0.1) is 13.7 Å². The molecule has 0 fully saturated rings. The van der Waals surface area contributed by atoms with Crippen LogP contribution in [0, 0.1) is 30.3 Å². The molecule has 0 bridgehead atoms. The Morgan fingerprint density at radius 1 is 0.788 bits per heavy atom. The molecule has 0 unspecified atom stereocenters. The zero-order valence-corrected chi connectivity index (χ0v) is 34.5. The molecule has 1 radical (unpaired) electrons. The predicted octanol–water partition coefficient (Wildman–Crippen LogP) is 12.3. The summed E-state index contributed by atoms with van der Waals surface area (Å²) in [5, 5.41) is 2.94. The van der Waals surface area contributed by atoms with Crippen LogP contribution < -0.4 is 5.19 Å². The average molecular weight is 886 g/mol. The Morgan fingerprint density at radius 3 is 2.19 bits per heavy atom. The van der Waals surface area contributed by atoms with Crippen LogP contribution in [0.15, 0.2) is 114 Å². The Hall–Kier alpha value is -4.15. The molecule has 0 saturated heterocycles. The van der Waals surface area contributed by atoms with Crippen LogP contribution in [0.25, 0.3) is 55.6 Å². The number of hydrogen-bond donors (Lipinski definition) is 0. The van der Waals surface area contributed by atoms with Crippen LogP contribution in [0.5, 0.6) is 0 Å². The number of furan rings is 1. The smallest absolute Gasteiger partial charge is 0.121 e. The maximum atomic E-state index is 8.81. The van der Waals surface area contributed by atoms with E-state index in [1.54, 1.807) is 32.9 Å². The van der Waals surface area contributed by atoms with Gasteiger partial charge in [0, 0.05) is 47.5 Å². The zero-order chi connectivity index (χ0) is 42.4. The van der Waals surface area contributed by atoms with Crippen LogP contribution in [0.4, 0.5) is 0 Å². The van der Waals surface area contributed by atoms with E-state index in [2.05, 4.69) is 47.8 Å². The van der Waals surface area contributed by atoms with Crippen LogP contribution >= 0.6 is 0 Å². The summed E-state index contributed by atoms with van der Waals surface area (Å²) in [6.45, 7) is 13.3. The second kappa shape index (κ2) is 16.2. The predicted molar refractivity (Wildman–Crippen MR) is 219 cm³/mol. The molecule has 7 aromatic rings. The number of hydrogen-bond acceptors (Lipinski definition) is 3. The fourth-order valence-electron chi connectivity index (χ4n) is 6.02. The summed E-state index contributed by atoms with van der Waals surface area (Å²) < 4.78 is 64.9. The number of pyridine rings is 2. The number of rotatable bonds is 7. The molecule has 0 amide bonds. The van der Waals surface area contributed by atoms with Gasteiger partial charge in [-0.3, -0.25) is 0 Å². The second-order valence-corrected chi connectivity index (χ2v) is 20.2. The Kier molecular flexibility index (Phi) is 9.47. The summed E-state index contributed by atoms with van der Waals surface area (Å²) in [4.78, 5) is 9.02. The first-order chi connectivity index (χ1) is 27.0. The molecular weight excluding hydrogens is 829 g/mol. The molecule has 0 spiro atoms. The van der Waals surface area contributed by atoms with Crippen LogP contribution in [0.1, 0.15) is 60.9 Å². The van der Waals surface area contributed by atoms with Gasteiger partial charge in [0.15, 0.2) is 0 Å². The molecule has 3 nitrogen and oxygen atoms in total. The largest absolute Gasteiger partial charge is 0.501 e. The van der Waals surface area contributed by atoms with Gasteiger partial charge < -0.3 is 14.4 Å².